The van der Waals surface area contributed by atoms with Crippen molar-refractivity contribution < 1.29 is 14.7 Å². The first-order valence-corrected chi connectivity index (χ1v) is 6.82. The Morgan fingerprint density at radius 3 is 2.67 bits per heavy atom. The van der Waals surface area contributed by atoms with Crippen LogP contribution >= 0.6 is 0 Å². The van der Waals surface area contributed by atoms with Crippen molar-refractivity contribution in [3.05, 3.63) is 53.3 Å². The van der Waals surface area contributed by atoms with E-state index in [-0.39, 0.29) is 5.78 Å². The lowest BCUT2D eigenvalue weighted by molar-refractivity contribution is -0.135. The molecule has 0 aliphatic rings. The highest BCUT2D eigenvalue weighted by molar-refractivity contribution is 6.06. The maximum atomic E-state index is 11.9. The van der Waals surface area contributed by atoms with E-state index >= 15 is 0 Å². The molecule has 2 aromatic rings. The summed E-state index contributed by atoms with van der Waals surface area (Å²) in [4.78, 5) is 26.8. The maximum Gasteiger partial charge on any atom is 0.311 e. The smallest absolute Gasteiger partial charge is 0.311 e. The van der Waals surface area contributed by atoms with Crippen molar-refractivity contribution in [1.82, 2.24) is 4.98 Å². The minimum Gasteiger partial charge on any atom is -0.481 e. The molecule has 1 aromatic heterocycles. The van der Waals surface area contributed by atoms with E-state index in [2.05, 4.69) is 11.9 Å². The van der Waals surface area contributed by atoms with Crippen LogP contribution in [0.25, 0.3) is 11.1 Å². The average molecular weight is 283 g/mol. The first kappa shape index (κ1) is 14.9. The van der Waals surface area contributed by atoms with E-state index in [9.17, 15) is 9.59 Å². The molecule has 1 N–H and O–H groups in total. The number of aryl methyl sites for hydroxylation is 2. The predicted octanol–water partition coefficient (Wildman–Crippen LogP) is 3.28. The van der Waals surface area contributed by atoms with Crippen LogP contribution < -0.4 is 0 Å². The second kappa shape index (κ2) is 6.31. The summed E-state index contributed by atoms with van der Waals surface area (Å²) in [5.41, 5.74) is 4.38. The quantitative estimate of drug-likeness (QED) is 0.675. The molecule has 0 aliphatic heterocycles. The van der Waals surface area contributed by atoms with Gasteiger partial charge in [-0.05, 0) is 42.2 Å². The number of hydrogen-bond donors (Lipinski definition) is 1. The largest absolute Gasteiger partial charge is 0.481 e. The van der Waals surface area contributed by atoms with Gasteiger partial charge in [-0.3, -0.25) is 14.6 Å². The summed E-state index contributed by atoms with van der Waals surface area (Å²) in [6, 6.07) is 9.08. The van der Waals surface area contributed by atoms with Crippen molar-refractivity contribution in [2.45, 2.75) is 26.7 Å². The molecule has 0 amide bonds. The normalized spacial score (nSPS) is 10.4. The summed E-state index contributed by atoms with van der Waals surface area (Å²) in [6.45, 7) is 3.97. The van der Waals surface area contributed by atoms with Crippen LogP contribution in [-0.4, -0.2) is 21.8 Å². The topological polar surface area (TPSA) is 67.3 Å². The van der Waals surface area contributed by atoms with Gasteiger partial charge in [0.15, 0.2) is 5.78 Å². The molecule has 4 heteroatoms. The number of carbonyl (C=O) groups is 2. The molecule has 4 nitrogen and oxygen atoms in total. The van der Waals surface area contributed by atoms with Crippen LogP contribution in [0.1, 0.15) is 35.0 Å². The molecule has 0 unspecified atom stereocenters. The third kappa shape index (κ3) is 3.54. The van der Waals surface area contributed by atoms with Crippen molar-refractivity contribution in [3.8, 4) is 11.1 Å². The van der Waals surface area contributed by atoms with E-state index in [0.29, 0.717) is 5.56 Å². The van der Waals surface area contributed by atoms with Gasteiger partial charge in [0.2, 0.25) is 0 Å². The Kier molecular flexibility index (Phi) is 4.48. The molecule has 2 rings (SSSR count). The van der Waals surface area contributed by atoms with E-state index in [1.54, 1.807) is 18.2 Å². The number of aliphatic carboxylic acids is 1. The van der Waals surface area contributed by atoms with Crippen LogP contribution in [-0.2, 0) is 11.2 Å². The zero-order valence-electron chi connectivity index (χ0n) is 12.1. The SMILES string of the molecule is CCc1cnc(C)cc1-c1cccc(C(=O)CC(=O)O)c1. The number of pyridine rings is 1. The lowest BCUT2D eigenvalue weighted by Crippen LogP contribution is -2.07. The summed E-state index contributed by atoms with van der Waals surface area (Å²) < 4.78 is 0. The number of carboxylic acids is 1. The molecule has 21 heavy (non-hydrogen) atoms. The van der Waals surface area contributed by atoms with Crippen LogP contribution in [0.3, 0.4) is 0 Å². The third-order valence-corrected chi connectivity index (χ3v) is 3.31. The Bertz CT molecular complexity index is 692. The first-order chi connectivity index (χ1) is 10.0. The van der Waals surface area contributed by atoms with E-state index in [4.69, 9.17) is 5.11 Å². The Morgan fingerprint density at radius 1 is 1.24 bits per heavy atom. The summed E-state index contributed by atoms with van der Waals surface area (Å²) >= 11 is 0. The molecule has 108 valence electrons. The monoisotopic (exact) mass is 283 g/mol. The zero-order valence-corrected chi connectivity index (χ0v) is 12.1. The first-order valence-electron chi connectivity index (χ1n) is 6.82. The fraction of sp³-hybridized carbons (Fsp3) is 0.235. The number of rotatable bonds is 5. The Morgan fingerprint density at radius 2 is 2.00 bits per heavy atom. The average Bonchev–Trinajstić information content (AvgIpc) is 2.46. The van der Waals surface area contributed by atoms with Crippen molar-refractivity contribution >= 4 is 11.8 Å². The van der Waals surface area contributed by atoms with E-state index in [1.165, 1.54) is 0 Å². The number of nitrogens with zero attached hydrogens (tertiary/aromatic N) is 1. The van der Waals surface area contributed by atoms with Gasteiger partial charge in [0, 0.05) is 17.5 Å². The van der Waals surface area contributed by atoms with Gasteiger partial charge in [-0.15, -0.1) is 0 Å². The van der Waals surface area contributed by atoms with Gasteiger partial charge in [0.05, 0.1) is 0 Å². The molecule has 0 radical (unpaired) electrons. The van der Waals surface area contributed by atoms with Crippen molar-refractivity contribution in [3.63, 3.8) is 0 Å². The summed E-state index contributed by atoms with van der Waals surface area (Å²) in [5.74, 6) is -1.49. The van der Waals surface area contributed by atoms with Crippen LogP contribution in [0, 0.1) is 6.92 Å². The molecule has 0 saturated carbocycles. The molecule has 0 aliphatic carbocycles. The number of hydrogen-bond acceptors (Lipinski definition) is 3. The molecule has 0 bridgehead atoms. The maximum absolute atomic E-state index is 11.9. The van der Waals surface area contributed by atoms with Gasteiger partial charge >= 0.3 is 5.97 Å². The molecule has 0 spiro atoms. The van der Waals surface area contributed by atoms with Crippen LogP contribution in [0.5, 0.6) is 0 Å². The van der Waals surface area contributed by atoms with Gasteiger partial charge in [0.1, 0.15) is 6.42 Å². The molecule has 1 heterocycles. The van der Waals surface area contributed by atoms with Crippen molar-refractivity contribution in [2.75, 3.05) is 0 Å². The predicted molar refractivity (Wildman–Crippen MR) is 80.4 cm³/mol. The molecule has 0 fully saturated rings. The molecule has 1 aromatic carbocycles. The van der Waals surface area contributed by atoms with Gasteiger partial charge in [-0.2, -0.15) is 0 Å². The standard InChI is InChI=1S/C17H17NO3/c1-3-12-10-18-11(2)7-15(12)13-5-4-6-14(8-13)16(19)9-17(20)21/h4-8,10H,3,9H2,1-2H3,(H,20,21). The fourth-order valence-electron chi connectivity index (χ4n) is 2.24. The highest BCUT2D eigenvalue weighted by atomic mass is 16.4. The molecule has 0 saturated heterocycles. The Balaban J connectivity index is 2.44. The number of aromatic nitrogens is 1. The van der Waals surface area contributed by atoms with Crippen molar-refractivity contribution in [1.29, 1.82) is 0 Å². The Labute approximate surface area is 123 Å². The van der Waals surface area contributed by atoms with Gasteiger partial charge in [0.25, 0.3) is 0 Å². The lowest BCUT2D eigenvalue weighted by Gasteiger charge is -2.10. The number of Topliss-reactive ketones (excluding diaryl/α,β-unsaturated/α-hetero) is 1. The molecule has 0 atom stereocenters. The lowest BCUT2D eigenvalue weighted by atomic mass is 9.96. The summed E-state index contributed by atoms with van der Waals surface area (Å²) in [7, 11) is 0. The molecular weight excluding hydrogens is 266 g/mol. The van der Waals surface area contributed by atoms with Crippen LogP contribution in [0.2, 0.25) is 0 Å². The highest BCUT2D eigenvalue weighted by Crippen LogP contribution is 2.25. The number of carbonyl (C=O) groups excluding carboxylic acids is 1. The third-order valence-electron chi connectivity index (χ3n) is 3.31. The van der Waals surface area contributed by atoms with E-state index in [0.717, 1.165) is 28.8 Å². The van der Waals surface area contributed by atoms with Crippen LogP contribution in [0.4, 0.5) is 0 Å². The van der Waals surface area contributed by atoms with Gasteiger partial charge < -0.3 is 5.11 Å². The summed E-state index contributed by atoms with van der Waals surface area (Å²) in [6.07, 6.45) is 2.20. The highest BCUT2D eigenvalue weighted by Gasteiger charge is 2.12. The summed E-state index contributed by atoms with van der Waals surface area (Å²) in [5, 5.41) is 8.72. The zero-order chi connectivity index (χ0) is 15.4. The number of benzene rings is 1. The van der Waals surface area contributed by atoms with Gasteiger partial charge in [-0.1, -0.05) is 25.1 Å². The fourth-order valence-corrected chi connectivity index (χ4v) is 2.24. The molecular formula is C17H17NO3. The van der Waals surface area contributed by atoms with E-state index in [1.807, 2.05) is 25.3 Å². The number of carboxylic acid groups (broad SMARTS) is 1. The second-order valence-corrected chi connectivity index (χ2v) is 4.91. The van der Waals surface area contributed by atoms with Crippen molar-refractivity contribution in [2.24, 2.45) is 0 Å². The Hall–Kier alpha value is -2.49. The van der Waals surface area contributed by atoms with E-state index < -0.39 is 12.4 Å². The van der Waals surface area contributed by atoms with Gasteiger partial charge in [-0.25, -0.2) is 0 Å². The number of ketones is 1. The second-order valence-electron chi connectivity index (χ2n) is 4.91. The van der Waals surface area contributed by atoms with Crippen LogP contribution in [0.15, 0.2) is 36.5 Å². The minimum atomic E-state index is -1.11. The minimum absolute atomic E-state index is 0.381.